The van der Waals surface area contributed by atoms with Crippen molar-refractivity contribution >= 4 is 12.0 Å². The van der Waals surface area contributed by atoms with E-state index in [1.807, 2.05) is 25.1 Å². The summed E-state index contributed by atoms with van der Waals surface area (Å²) in [6.45, 7) is 4.04. The van der Waals surface area contributed by atoms with Crippen LogP contribution >= 0.6 is 0 Å². The monoisotopic (exact) mass is 290 g/mol. The molecule has 6 heteroatoms. The molecule has 6 nitrogen and oxygen atoms in total. The van der Waals surface area contributed by atoms with E-state index in [4.69, 9.17) is 9.47 Å². The summed E-state index contributed by atoms with van der Waals surface area (Å²) in [4.78, 5) is 23.8. The van der Waals surface area contributed by atoms with Crippen molar-refractivity contribution in [1.29, 1.82) is 0 Å². The van der Waals surface area contributed by atoms with Gasteiger partial charge in [-0.3, -0.25) is 0 Å². The quantitative estimate of drug-likeness (QED) is 0.830. The van der Waals surface area contributed by atoms with Gasteiger partial charge in [-0.25, -0.2) is 9.59 Å². The number of carbonyl (C=O) groups is 2. The summed E-state index contributed by atoms with van der Waals surface area (Å²) in [6, 6.07) is 6.32. The Kier molecular flexibility index (Phi) is 4.47. The van der Waals surface area contributed by atoms with E-state index in [2.05, 4.69) is 10.6 Å². The average Bonchev–Trinajstić information content (AvgIpc) is 2.46. The highest BCUT2D eigenvalue weighted by atomic mass is 16.5. The first-order valence-electron chi connectivity index (χ1n) is 6.66. The lowest BCUT2D eigenvalue weighted by Crippen LogP contribution is -2.45. The summed E-state index contributed by atoms with van der Waals surface area (Å²) in [7, 11) is 1.31. The number of nitrogens with one attached hydrogen (secondary N) is 2. The molecule has 0 bridgehead atoms. The van der Waals surface area contributed by atoms with Crippen molar-refractivity contribution in [3.05, 3.63) is 41.1 Å². The van der Waals surface area contributed by atoms with Gasteiger partial charge in [0.15, 0.2) is 0 Å². The van der Waals surface area contributed by atoms with Gasteiger partial charge in [-0.15, -0.1) is 0 Å². The van der Waals surface area contributed by atoms with E-state index >= 15 is 0 Å². The average molecular weight is 290 g/mol. The standard InChI is InChI=1S/C15H18N2O4/c1-4-21-11-8-6-5-7-10(11)13-12(14(18)20-3)9(2)16-15(19)17-13/h5-8,13H,4H2,1-3H3,(H2,16,17,19). The molecule has 0 saturated heterocycles. The summed E-state index contributed by atoms with van der Waals surface area (Å²) >= 11 is 0. The minimum absolute atomic E-state index is 0.364. The van der Waals surface area contributed by atoms with Gasteiger partial charge in [0.2, 0.25) is 0 Å². The van der Waals surface area contributed by atoms with Crippen LogP contribution in [0.4, 0.5) is 4.79 Å². The molecule has 1 aromatic carbocycles. The summed E-state index contributed by atoms with van der Waals surface area (Å²) in [5.74, 6) is 0.137. The van der Waals surface area contributed by atoms with Crippen LogP contribution in [0.2, 0.25) is 0 Å². The van der Waals surface area contributed by atoms with Crippen LogP contribution in [0.25, 0.3) is 0 Å². The Labute approximate surface area is 123 Å². The van der Waals surface area contributed by atoms with Crippen LogP contribution in [0, 0.1) is 0 Å². The molecular weight excluding hydrogens is 272 g/mol. The van der Waals surface area contributed by atoms with Gasteiger partial charge < -0.3 is 20.1 Å². The fourth-order valence-electron chi connectivity index (χ4n) is 2.31. The summed E-state index contributed by atoms with van der Waals surface area (Å²) in [5, 5.41) is 5.32. The summed E-state index contributed by atoms with van der Waals surface area (Å²) < 4.78 is 10.4. The molecule has 1 unspecified atom stereocenters. The van der Waals surface area contributed by atoms with Crippen LogP contribution in [0.1, 0.15) is 25.5 Å². The number of hydrogen-bond donors (Lipinski definition) is 2. The van der Waals surface area contributed by atoms with Crippen molar-refractivity contribution in [1.82, 2.24) is 10.6 Å². The Bertz CT molecular complexity index is 595. The molecule has 2 amide bonds. The fraction of sp³-hybridized carbons (Fsp3) is 0.333. The number of allylic oxidation sites excluding steroid dienone is 1. The molecule has 1 atom stereocenters. The Morgan fingerprint density at radius 2 is 2.05 bits per heavy atom. The topological polar surface area (TPSA) is 76.7 Å². The number of ether oxygens (including phenoxy) is 2. The summed E-state index contributed by atoms with van der Waals surface area (Å²) in [5.41, 5.74) is 1.56. The van der Waals surface area contributed by atoms with Crippen LogP contribution in [0.15, 0.2) is 35.5 Å². The first kappa shape index (κ1) is 14.9. The number of methoxy groups -OCH3 is 1. The third-order valence-corrected chi connectivity index (χ3v) is 3.20. The van der Waals surface area contributed by atoms with Gasteiger partial charge in [0.05, 0.1) is 25.3 Å². The fourth-order valence-corrected chi connectivity index (χ4v) is 2.31. The smallest absolute Gasteiger partial charge is 0.337 e. The van der Waals surface area contributed by atoms with Gasteiger partial charge in [0.1, 0.15) is 5.75 Å². The molecule has 0 spiro atoms. The number of carbonyl (C=O) groups excluding carboxylic acids is 2. The zero-order valence-corrected chi connectivity index (χ0v) is 12.2. The van der Waals surface area contributed by atoms with Gasteiger partial charge in [0, 0.05) is 11.3 Å². The third kappa shape index (κ3) is 2.99. The lowest BCUT2D eigenvalue weighted by molar-refractivity contribution is -0.136. The highest BCUT2D eigenvalue weighted by molar-refractivity contribution is 5.95. The Morgan fingerprint density at radius 1 is 1.33 bits per heavy atom. The van der Waals surface area contributed by atoms with Crippen molar-refractivity contribution in [2.24, 2.45) is 0 Å². The maximum absolute atomic E-state index is 12.0. The molecule has 0 fully saturated rings. The van der Waals surface area contributed by atoms with Gasteiger partial charge in [-0.1, -0.05) is 18.2 Å². The highest BCUT2D eigenvalue weighted by Gasteiger charge is 2.33. The number of hydrogen-bond acceptors (Lipinski definition) is 4. The lowest BCUT2D eigenvalue weighted by Gasteiger charge is -2.28. The molecule has 1 aliphatic heterocycles. The molecule has 1 aromatic rings. The molecular formula is C15H18N2O4. The highest BCUT2D eigenvalue weighted by Crippen LogP contribution is 2.33. The van der Waals surface area contributed by atoms with Crippen LogP contribution < -0.4 is 15.4 Å². The number of rotatable bonds is 4. The predicted octanol–water partition coefficient (Wildman–Crippen LogP) is 1.89. The number of para-hydroxylation sites is 1. The zero-order valence-electron chi connectivity index (χ0n) is 12.2. The van der Waals surface area contributed by atoms with Crippen molar-refractivity contribution in [2.75, 3.05) is 13.7 Å². The van der Waals surface area contributed by atoms with E-state index in [1.54, 1.807) is 13.0 Å². The maximum Gasteiger partial charge on any atom is 0.337 e. The lowest BCUT2D eigenvalue weighted by atomic mass is 9.95. The van der Waals surface area contributed by atoms with E-state index in [0.717, 1.165) is 0 Å². The second-order valence-electron chi connectivity index (χ2n) is 4.53. The largest absolute Gasteiger partial charge is 0.494 e. The second kappa shape index (κ2) is 6.30. The minimum atomic E-state index is -0.603. The third-order valence-electron chi connectivity index (χ3n) is 3.20. The normalized spacial score (nSPS) is 17.9. The summed E-state index contributed by atoms with van der Waals surface area (Å²) in [6.07, 6.45) is 0. The zero-order chi connectivity index (χ0) is 15.4. The van der Waals surface area contributed by atoms with Crippen molar-refractivity contribution in [3.63, 3.8) is 0 Å². The van der Waals surface area contributed by atoms with Crippen LogP contribution in [0.3, 0.4) is 0 Å². The minimum Gasteiger partial charge on any atom is -0.494 e. The van der Waals surface area contributed by atoms with Gasteiger partial charge >= 0.3 is 12.0 Å². The van der Waals surface area contributed by atoms with E-state index in [-0.39, 0.29) is 6.03 Å². The van der Waals surface area contributed by atoms with Crippen molar-refractivity contribution in [3.8, 4) is 5.75 Å². The number of esters is 1. The van der Waals surface area contributed by atoms with Gasteiger partial charge in [0.25, 0.3) is 0 Å². The Balaban J connectivity index is 2.51. The van der Waals surface area contributed by atoms with E-state index in [1.165, 1.54) is 7.11 Å². The molecule has 1 aliphatic rings. The molecule has 0 aromatic heterocycles. The van der Waals surface area contributed by atoms with Gasteiger partial charge in [-0.2, -0.15) is 0 Å². The van der Waals surface area contributed by atoms with Crippen LogP contribution in [0.5, 0.6) is 5.75 Å². The number of amides is 2. The number of benzene rings is 1. The molecule has 0 saturated carbocycles. The Morgan fingerprint density at radius 3 is 2.71 bits per heavy atom. The van der Waals surface area contributed by atoms with Crippen LogP contribution in [-0.2, 0) is 9.53 Å². The second-order valence-corrected chi connectivity index (χ2v) is 4.53. The molecule has 21 heavy (non-hydrogen) atoms. The molecule has 0 aliphatic carbocycles. The van der Waals surface area contributed by atoms with E-state index < -0.39 is 12.0 Å². The Hall–Kier alpha value is -2.50. The first-order valence-corrected chi connectivity index (χ1v) is 6.66. The number of urea groups is 1. The van der Waals surface area contributed by atoms with Crippen molar-refractivity contribution in [2.45, 2.75) is 19.9 Å². The molecule has 1 heterocycles. The van der Waals surface area contributed by atoms with Crippen molar-refractivity contribution < 1.29 is 19.1 Å². The van der Waals surface area contributed by atoms with Gasteiger partial charge in [-0.05, 0) is 19.9 Å². The molecule has 0 radical (unpaired) electrons. The van der Waals surface area contributed by atoms with E-state index in [0.29, 0.717) is 29.2 Å². The molecule has 2 N–H and O–H groups in total. The van der Waals surface area contributed by atoms with E-state index in [9.17, 15) is 9.59 Å². The molecule has 112 valence electrons. The SMILES string of the molecule is CCOc1ccccc1C1NC(=O)NC(C)=C1C(=O)OC. The first-order chi connectivity index (χ1) is 10.1. The molecule has 2 rings (SSSR count). The van der Waals surface area contributed by atoms with Crippen LogP contribution in [-0.4, -0.2) is 25.7 Å². The predicted molar refractivity (Wildman–Crippen MR) is 76.7 cm³/mol. The maximum atomic E-state index is 12.0.